The van der Waals surface area contributed by atoms with Gasteiger partial charge in [0.15, 0.2) is 0 Å². The molecule has 3 rings (SSSR count). The third kappa shape index (κ3) is 2.39. The van der Waals surface area contributed by atoms with E-state index < -0.39 is 17.4 Å². The second-order valence-electron chi connectivity index (χ2n) is 6.77. The van der Waals surface area contributed by atoms with Crippen molar-refractivity contribution in [1.29, 1.82) is 0 Å². The van der Waals surface area contributed by atoms with Crippen molar-refractivity contribution in [2.24, 2.45) is 0 Å². The maximum Gasteiger partial charge on any atom is 0.313 e. The summed E-state index contributed by atoms with van der Waals surface area (Å²) in [4.78, 5) is 26.9. The Balaban J connectivity index is 2.17. The molecule has 0 bridgehead atoms. The van der Waals surface area contributed by atoms with Crippen molar-refractivity contribution in [1.82, 2.24) is 4.90 Å². The van der Waals surface area contributed by atoms with Crippen LogP contribution in [0.1, 0.15) is 54.2 Å². The van der Waals surface area contributed by atoms with Gasteiger partial charge in [0.1, 0.15) is 5.92 Å². The van der Waals surface area contributed by atoms with Crippen molar-refractivity contribution < 1.29 is 14.7 Å². The molecule has 1 heterocycles. The quantitative estimate of drug-likeness (QED) is 0.933. The Hall–Kier alpha value is -2.62. The SMILES string of the molecule is CC(c1ccccc1)N1C(=O)c2ccccc2C(C(=O)O)C1(C)C. The van der Waals surface area contributed by atoms with E-state index in [1.54, 1.807) is 29.2 Å². The van der Waals surface area contributed by atoms with Crippen molar-refractivity contribution in [2.75, 3.05) is 0 Å². The summed E-state index contributed by atoms with van der Waals surface area (Å²) in [6, 6.07) is 16.5. The molecule has 0 aromatic heterocycles. The van der Waals surface area contributed by atoms with Gasteiger partial charge in [-0.15, -0.1) is 0 Å². The molecule has 4 heteroatoms. The Bertz CT molecular complexity index is 782. The molecule has 1 aliphatic heterocycles. The molecule has 0 spiro atoms. The van der Waals surface area contributed by atoms with Crippen molar-refractivity contribution in [3.8, 4) is 0 Å². The highest BCUT2D eigenvalue weighted by atomic mass is 16.4. The summed E-state index contributed by atoms with van der Waals surface area (Å²) in [5.41, 5.74) is 1.22. The number of aliphatic carboxylic acids is 1. The summed E-state index contributed by atoms with van der Waals surface area (Å²) < 4.78 is 0. The number of hydrogen-bond acceptors (Lipinski definition) is 2. The maximum atomic E-state index is 13.1. The van der Waals surface area contributed by atoms with Crippen LogP contribution in [0.15, 0.2) is 54.6 Å². The normalized spacial score (nSPS) is 20.4. The van der Waals surface area contributed by atoms with Crippen LogP contribution in [0.3, 0.4) is 0 Å². The topological polar surface area (TPSA) is 57.6 Å². The zero-order valence-electron chi connectivity index (χ0n) is 14.1. The third-order valence-corrected chi connectivity index (χ3v) is 4.96. The molecular formula is C20H21NO3. The first-order valence-electron chi connectivity index (χ1n) is 8.06. The predicted molar refractivity (Wildman–Crippen MR) is 91.9 cm³/mol. The molecule has 1 N–H and O–H groups in total. The van der Waals surface area contributed by atoms with Crippen LogP contribution in [-0.4, -0.2) is 27.4 Å². The van der Waals surface area contributed by atoms with E-state index >= 15 is 0 Å². The smallest absolute Gasteiger partial charge is 0.313 e. The minimum atomic E-state index is -0.912. The molecular weight excluding hydrogens is 302 g/mol. The van der Waals surface area contributed by atoms with Gasteiger partial charge in [-0.05, 0) is 38.0 Å². The molecule has 0 saturated heterocycles. The Morgan fingerprint density at radius 2 is 1.67 bits per heavy atom. The van der Waals surface area contributed by atoms with Crippen molar-refractivity contribution >= 4 is 11.9 Å². The van der Waals surface area contributed by atoms with E-state index in [2.05, 4.69) is 0 Å². The molecule has 0 fully saturated rings. The summed E-state index contributed by atoms with van der Waals surface area (Å²) >= 11 is 0. The highest BCUT2D eigenvalue weighted by Gasteiger charge is 2.50. The number of carboxylic acid groups (broad SMARTS) is 1. The number of carboxylic acids is 1. The van der Waals surface area contributed by atoms with E-state index in [4.69, 9.17) is 0 Å². The second kappa shape index (κ2) is 5.78. The zero-order chi connectivity index (χ0) is 17.5. The highest BCUT2D eigenvalue weighted by molar-refractivity contribution is 6.01. The number of fused-ring (bicyclic) bond motifs is 1. The van der Waals surface area contributed by atoms with Crippen LogP contribution < -0.4 is 0 Å². The minimum absolute atomic E-state index is 0.121. The maximum absolute atomic E-state index is 13.1. The van der Waals surface area contributed by atoms with E-state index in [1.807, 2.05) is 51.1 Å². The van der Waals surface area contributed by atoms with Crippen LogP contribution in [0.4, 0.5) is 0 Å². The molecule has 2 unspecified atom stereocenters. The average molecular weight is 323 g/mol. The second-order valence-corrected chi connectivity index (χ2v) is 6.77. The Kier molecular flexibility index (Phi) is 3.91. The number of nitrogens with zero attached hydrogens (tertiary/aromatic N) is 1. The molecule has 24 heavy (non-hydrogen) atoms. The number of amides is 1. The van der Waals surface area contributed by atoms with Crippen LogP contribution in [-0.2, 0) is 4.79 Å². The van der Waals surface area contributed by atoms with Gasteiger partial charge >= 0.3 is 5.97 Å². The molecule has 2 atom stereocenters. The van der Waals surface area contributed by atoms with Gasteiger partial charge < -0.3 is 10.0 Å². The van der Waals surface area contributed by atoms with Crippen molar-refractivity contribution in [3.05, 3.63) is 71.3 Å². The van der Waals surface area contributed by atoms with E-state index in [1.165, 1.54) is 0 Å². The molecule has 1 aliphatic rings. The standard InChI is InChI=1S/C20H21NO3/c1-13(14-9-5-4-6-10-14)21-18(22)16-12-8-7-11-15(16)17(19(23)24)20(21,2)3/h4-13,17H,1-3H3,(H,23,24). The van der Waals surface area contributed by atoms with Gasteiger partial charge in [-0.3, -0.25) is 9.59 Å². The molecule has 0 aliphatic carbocycles. The van der Waals surface area contributed by atoms with E-state index in [0.29, 0.717) is 11.1 Å². The lowest BCUT2D eigenvalue weighted by molar-refractivity contribution is -0.142. The van der Waals surface area contributed by atoms with E-state index in [-0.39, 0.29) is 11.9 Å². The molecule has 0 saturated carbocycles. The van der Waals surface area contributed by atoms with Crippen LogP contribution in [0.5, 0.6) is 0 Å². The summed E-state index contributed by atoms with van der Waals surface area (Å²) in [7, 11) is 0. The summed E-state index contributed by atoms with van der Waals surface area (Å²) in [6.45, 7) is 5.61. The fraction of sp³-hybridized carbons (Fsp3) is 0.300. The van der Waals surface area contributed by atoms with Gasteiger partial charge in [-0.25, -0.2) is 0 Å². The monoisotopic (exact) mass is 323 g/mol. The summed E-state index contributed by atoms with van der Waals surface area (Å²) in [6.07, 6.45) is 0. The summed E-state index contributed by atoms with van der Waals surface area (Å²) in [5, 5.41) is 9.84. The van der Waals surface area contributed by atoms with E-state index in [9.17, 15) is 14.7 Å². The van der Waals surface area contributed by atoms with Crippen LogP contribution in [0, 0.1) is 0 Å². The van der Waals surface area contributed by atoms with Gasteiger partial charge in [0, 0.05) is 5.56 Å². The number of carbonyl (C=O) groups is 2. The first kappa shape index (κ1) is 16.2. The Morgan fingerprint density at radius 1 is 1.08 bits per heavy atom. The number of rotatable bonds is 3. The predicted octanol–water partition coefficient (Wildman–Crippen LogP) is 3.85. The molecule has 4 nitrogen and oxygen atoms in total. The Morgan fingerprint density at radius 3 is 2.29 bits per heavy atom. The minimum Gasteiger partial charge on any atom is -0.481 e. The first-order valence-corrected chi connectivity index (χ1v) is 8.06. The van der Waals surface area contributed by atoms with Crippen LogP contribution in [0.2, 0.25) is 0 Å². The fourth-order valence-electron chi connectivity index (χ4n) is 3.85. The van der Waals surface area contributed by atoms with Gasteiger partial charge in [-0.2, -0.15) is 0 Å². The lowest BCUT2D eigenvalue weighted by Crippen LogP contribution is -2.57. The van der Waals surface area contributed by atoms with Crippen LogP contribution >= 0.6 is 0 Å². The highest BCUT2D eigenvalue weighted by Crippen LogP contribution is 2.44. The van der Waals surface area contributed by atoms with Crippen LogP contribution in [0.25, 0.3) is 0 Å². The Labute approximate surface area is 141 Å². The lowest BCUT2D eigenvalue weighted by atomic mass is 9.74. The number of hydrogen-bond donors (Lipinski definition) is 1. The van der Waals surface area contributed by atoms with E-state index in [0.717, 1.165) is 5.56 Å². The third-order valence-electron chi connectivity index (χ3n) is 4.96. The molecule has 124 valence electrons. The average Bonchev–Trinajstić information content (AvgIpc) is 2.54. The largest absolute Gasteiger partial charge is 0.481 e. The van der Waals surface area contributed by atoms with Crippen molar-refractivity contribution in [3.63, 3.8) is 0 Å². The number of benzene rings is 2. The zero-order valence-corrected chi connectivity index (χ0v) is 14.1. The van der Waals surface area contributed by atoms with Crippen molar-refractivity contribution in [2.45, 2.75) is 38.3 Å². The molecule has 2 aromatic carbocycles. The van der Waals surface area contributed by atoms with Gasteiger partial charge in [0.05, 0.1) is 11.6 Å². The fourth-order valence-corrected chi connectivity index (χ4v) is 3.85. The molecule has 2 aromatic rings. The van der Waals surface area contributed by atoms with Gasteiger partial charge in [-0.1, -0.05) is 48.5 Å². The lowest BCUT2D eigenvalue weighted by Gasteiger charge is -2.49. The number of carbonyl (C=O) groups excluding carboxylic acids is 1. The first-order chi connectivity index (χ1) is 11.4. The van der Waals surface area contributed by atoms with Gasteiger partial charge in [0.25, 0.3) is 5.91 Å². The molecule has 1 amide bonds. The van der Waals surface area contributed by atoms with Gasteiger partial charge in [0.2, 0.25) is 0 Å². The molecule has 0 radical (unpaired) electrons. The summed E-state index contributed by atoms with van der Waals surface area (Å²) in [5.74, 6) is -1.80.